The fourth-order valence-corrected chi connectivity index (χ4v) is 2.04. The van der Waals surface area contributed by atoms with Crippen LogP contribution in [0.25, 0.3) is 0 Å². The average molecular weight is 293 g/mol. The molecule has 0 bridgehead atoms. The van der Waals surface area contributed by atoms with Gasteiger partial charge in [-0.05, 0) is 0 Å². The van der Waals surface area contributed by atoms with E-state index in [0.717, 1.165) is 4.57 Å². The molecule has 20 heavy (non-hydrogen) atoms. The zero-order chi connectivity index (χ0) is 14.9. The Morgan fingerprint density at radius 3 is 2.75 bits per heavy atom. The molecule has 7 nitrogen and oxygen atoms in total. The number of methoxy groups -OCH3 is 1. The first-order chi connectivity index (χ1) is 9.34. The molecular weight excluding hydrogens is 279 g/mol. The minimum Gasteiger partial charge on any atom is -0.383 e. The van der Waals surface area contributed by atoms with Crippen molar-refractivity contribution in [1.29, 1.82) is 0 Å². The van der Waals surface area contributed by atoms with E-state index < -0.39 is 18.0 Å². The number of nitrogens with zero attached hydrogens (tertiary/aromatic N) is 4. The Morgan fingerprint density at radius 1 is 1.45 bits per heavy atom. The molecule has 0 aromatic carbocycles. The normalized spacial score (nSPS) is 16.9. The molecule has 1 amide bonds. The standard InChI is InChI=1S/C10H14F3N5O2/c1-20-5-6(14)8(19)17-2-3-18-7(4-17)15-16-9(18)10(11,12)13/h6H,2-5,14H2,1H3. The van der Waals surface area contributed by atoms with Crippen LogP contribution in [0.2, 0.25) is 0 Å². The van der Waals surface area contributed by atoms with Gasteiger partial charge in [0.1, 0.15) is 6.04 Å². The average Bonchev–Trinajstić information content (AvgIpc) is 2.80. The highest BCUT2D eigenvalue weighted by Crippen LogP contribution is 2.29. The summed E-state index contributed by atoms with van der Waals surface area (Å²) in [5, 5.41) is 6.63. The SMILES string of the molecule is COCC(N)C(=O)N1CCn2c(nnc2C(F)(F)F)C1. The zero-order valence-corrected chi connectivity index (χ0v) is 10.7. The van der Waals surface area contributed by atoms with Crippen LogP contribution in [0.5, 0.6) is 0 Å². The minimum absolute atomic E-state index is 0.0113. The zero-order valence-electron chi connectivity index (χ0n) is 10.7. The lowest BCUT2D eigenvalue weighted by atomic mass is 10.2. The number of fused-ring (bicyclic) bond motifs is 1. The quantitative estimate of drug-likeness (QED) is 0.820. The van der Waals surface area contributed by atoms with E-state index >= 15 is 0 Å². The second kappa shape index (κ2) is 5.37. The molecule has 1 unspecified atom stereocenters. The van der Waals surface area contributed by atoms with E-state index in [9.17, 15) is 18.0 Å². The van der Waals surface area contributed by atoms with E-state index in [1.165, 1.54) is 12.0 Å². The highest BCUT2D eigenvalue weighted by Gasteiger charge is 2.40. The van der Waals surface area contributed by atoms with E-state index in [0.29, 0.717) is 0 Å². The smallest absolute Gasteiger partial charge is 0.383 e. The molecule has 1 aliphatic rings. The number of carbonyl (C=O) groups is 1. The number of carbonyl (C=O) groups excluding carboxylic acids is 1. The van der Waals surface area contributed by atoms with E-state index in [1.807, 2.05) is 0 Å². The summed E-state index contributed by atoms with van der Waals surface area (Å²) in [5.74, 6) is -1.32. The van der Waals surface area contributed by atoms with Gasteiger partial charge in [-0.3, -0.25) is 4.79 Å². The van der Waals surface area contributed by atoms with Crippen molar-refractivity contribution in [3.05, 3.63) is 11.6 Å². The second-order valence-electron chi connectivity index (χ2n) is 4.41. The third-order valence-corrected chi connectivity index (χ3v) is 2.98. The van der Waals surface area contributed by atoms with Crippen LogP contribution in [-0.2, 0) is 28.8 Å². The summed E-state index contributed by atoms with van der Waals surface area (Å²) in [4.78, 5) is 13.3. The first kappa shape index (κ1) is 14.7. The fraction of sp³-hybridized carbons (Fsp3) is 0.700. The molecule has 0 aliphatic carbocycles. The van der Waals surface area contributed by atoms with Gasteiger partial charge in [0, 0.05) is 20.2 Å². The van der Waals surface area contributed by atoms with Gasteiger partial charge in [-0.15, -0.1) is 10.2 Å². The predicted octanol–water partition coefficient (Wildman–Crippen LogP) is -0.387. The van der Waals surface area contributed by atoms with Gasteiger partial charge in [-0.1, -0.05) is 0 Å². The molecular formula is C10H14F3N5O2. The maximum absolute atomic E-state index is 12.7. The molecule has 0 spiro atoms. The Kier molecular flexibility index (Phi) is 3.95. The maximum Gasteiger partial charge on any atom is 0.451 e. The van der Waals surface area contributed by atoms with Crippen molar-refractivity contribution in [2.75, 3.05) is 20.3 Å². The highest BCUT2D eigenvalue weighted by molar-refractivity contribution is 5.81. The Labute approximate surface area is 112 Å². The van der Waals surface area contributed by atoms with Crippen LogP contribution < -0.4 is 5.73 Å². The van der Waals surface area contributed by atoms with Crippen LogP contribution in [0.15, 0.2) is 0 Å². The predicted molar refractivity (Wildman–Crippen MR) is 60.3 cm³/mol. The van der Waals surface area contributed by atoms with Crippen molar-refractivity contribution >= 4 is 5.91 Å². The first-order valence-electron chi connectivity index (χ1n) is 5.87. The van der Waals surface area contributed by atoms with Gasteiger partial charge < -0.3 is 19.9 Å². The Hall–Kier alpha value is -1.68. The molecule has 0 fully saturated rings. The van der Waals surface area contributed by atoms with Crippen LogP contribution in [0.1, 0.15) is 11.6 Å². The summed E-state index contributed by atoms with van der Waals surface area (Å²) in [6.45, 7) is 0.127. The number of hydrogen-bond acceptors (Lipinski definition) is 5. The van der Waals surface area contributed by atoms with E-state index in [-0.39, 0.29) is 38.0 Å². The number of hydrogen-bond donors (Lipinski definition) is 1. The maximum atomic E-state index is 12.7. The Morgan fingerprint density at radius 2 is 2.15 bits per heavy atom. The second-order valence-corrected chi connectivity index (χ2v) is 4.41. The van der Waals surface area contributed by atoms with Crippen molar-refractivity contribution < 1.29 is 22.7 Å². The van der Waals surface area contributed by atoms with Crippen molar-refractivity contribution in [2.24, 2.45) is 5.73 Å². The molecule has 1 aliphatic heterocycles. The van der Waals surface area contributed by atoms with Gasteiger partial charge in [0.05, 0.1) is 13.2 Å². The lowest BCUT2D eigenvalue weighted by molar-refractivity contribution is -0.148. The van der Waals surface area contributed by atoms with Crippen LogP contribution >= 0.6 is 0 Å². The number of aromatic nitrogens is 3. The molecule has 2 N–H and O–H groups in total. The van der Waals surface area contributed by atoms with Crippen molar-refractivity contribution in [3.8, 4) is 0 Å². The lowest BCUT2D eigenvalue weighted by Gasteiger charge is -2.29. The lowest BCUT2D eigenvalue weighted by Crippen LogP contribution is -2.49. The summed E-state index contributed by atoms with van der Waals surface area (Å²) in [6.07, 6.45) is -4.55. The van der Waals surface area contributed by atoms with Gasteiger partial charge in [0.15, 0.2) is 5.82 Å². The number of nitrogens with two attached hydrogens (primary N) is 1. The number of rotatable bonds is 3. The summed E-state index contributed by atoms with van der Waals surface area (Å²) in [6, 6.07) is -0.837. The van der Waals surface area contributed by atoms with Crippen molar-refractivity contribution in [1.82, 2.24) is 19.7 Å². The topological polar surface area (TPSA) is 86.3 Å². The van der Waals surface area contributed by atoms with Crippen molar-refractivity contribution in [3.63, 3.8) is 0 Å². The Bertz CT molecular complexity index is 502. The summed E-state index contributed by atoms with van der Waals surface area (Å²) in [5.41, 5.74) is 5.61. The van der Waals surface area contributed by atoms with Crippen molar-refractivity contribution in [2.45, 2.75) is 25.3 Å². The van der Waals surface area contributed by atoms with Gasteiger partial charge in [-0.2, -0.15) is 13.2 Å². The number of halogens is 3. The van der Waals surface area contributed by atoms with Gasteiger partial charge >= 0.3 is 6.18 Å². The third kappa shape index (κ3) is 2.75. The van der Waals surface area contributed by atoms with E-state index in [2.05, 4.69) is 10.2 Å². The molecule has 0 radical (unpaired) electrons. The van der Waals surface area contributed by atoms with Crippen LogP contribution in [0, 0.1) is 0 Å². The summed E-state index contributed by atoms with van der Waals surface area (Å²) < 4.78 is 43.7. The summed E-state index contributed by atoms with van der Waals surface area (Å²) >= 11 is 0. The molecule has 0 saturated heterocycles. The van der Waals surface area contributed by atoms with Crippen LogP contribution in [-0.4, -0.2) is 51.9 Å². The summed E-state index contributed by atoms with van der Waals surface area (Å²) in [7, 11) is 1.41. The highest BCUT2D eigenvalue weighted by atomic mass is 19.4. The number of alkyl halides is 3. The van der Waals surface area contributed by atoms with Gasteiger partial charge in [-0.25, -0.2) is 0 Å². The molecule has 1 aromatic rings. The molecule has 10 heteroatoms. The number of amides is 1. The molecule has 0 saturated carbocycles. The minimum atomic E-state index is -4.55. The molecule has 2 rings (SSSR count). The largest absolute Gasteiger partial charge is 0.451 e. The first-order valence-corrected chi connectivity index (χ1v) is 5.87. The molecule has 1 atom stereocenters. The third-order valence-electron chi connectivity index (χ3n) is 2.98. The number of ether oxygens (including phenoxy) is 1. The van der Waals surface area contributed by atoms with Gasteiger partial charge in [0.25, 0.3) is 0 Å². The molecule has 1 aromatic heterocycles. The molecule has 112 valence electrons. The van der Waals surface area contributed by atoms with Crippen LogP contribution in [0.4, 0.5) is 13.2 Å². The van der Waals surface area contributed by atoms with Gasteiger partial charge in [0.2, 0.25) is 11.7 Å². The monoisotopic (exact) mass is 293 g/mol. The molecule has 2 heterocycles. The Balaban J connectivity index is 2.13. The van der Waals surface area contributed by atoms with E-state index in [4.69, 9.17) is 10.5 Å². The van der Waals surface area contributed by atoms with E-state index in [1.54, 1.807) is 0 Å². The van der Waals surface area contributed by atoms with Crippen LogP contribution in [0.3, 0.4) is 0 Å². The fourth-order valence-electron chi connectivity index (χ4n) is 2.04.